The van der Waals surface area contributed by atoms with Gasteiger partial charge in [0.2, 0.25) is 0 Å². The van der Waals surface area contributed by atoms with Crippen LogP contribution in [0.3, 0.4) is 0 Å². The van der Waals surface area contributed by atoms with E-state index in [1.54, 1.807) is 19.9 Å². The van der Waals surface area contributed by atoms with Crippen molar-refractivity contribution in [3.8, 4) is 5.75 Å². The largest absolute Gasteiger partial charge is 0.486 e. The number of ether oxygens (including phenoxy) is 2. The maximum atomic E-state index is 12.4. The van der Waals surface area contributed by atoms with Crippen molar-refractivity contribution >= 4 is 17.3 Å². The first kappa shape index (κ1) is 20.0. The summed E-state index contributed by atoms with van der Waals surface area (Å²) in [6, 6.07) is 15.7. The Morgan fingerprint density at radius 2 is 2.07 bits per heavy atom. The number of rotatable bonds is 7. The number of hydrogen-bond acceptors (Lipinski definition) is 6. The van der Waals surface area contributed by atoms with Crippen LogP contribution in [0.25, 0.3) is 0 Å². The number of fused-ring (bicyclic) bond motifs is 1. The predicted molar refractivity (Wildman–Crippen MR) is 109 cm³/mol. The van der Waals surface area contributed by atoms with Gasteiger partial charge in [0.15, 0.2) is 0 Å². The third-order valence-corrected chi connectivity index (χ3v) is 5.05. The van der Waals surface area contributed by atoms with Gasteiger partial charge in [0.25, 0.3) is 0 Å². The molecular weight excluding hydrogens is 356 g/mol. The normalized spacial score (nSPS) is 18.0. The Balaban J connectivity index is 1.85. The molecule has 2 aromatic rings. The van der Waals surface area contributed by atoms with Crippen LogP contribution in [-0.4, -0.2) is 36.9 Å². The van der Waals surface area contributed by atoms with Crippen LogP contribution in [0.5, 0.6) is 5.75 Å². The molecule has 2 aromatic carbocycles. The summed E-state index contributed by atoms with van der Waals surface area (Å²) in [6.07, 6.45) is 0.0960. The summed E-state index contributed by atoms with van der Waals surface area (Å²) < 4.78 is 11.3. The number of aliphatic hydroxyl groups is 1. The van der Waals surface area contributed by atoms with Crippen molar-refractivity contribution in [1.82, 2.24) is 0 Å². The Labute approximate surface area is 165 Å². The van der Waals surface area contributed by atoms with Gasteiger partial charge in [-0.25, -0.2) is 0 Å². The van der Waals surface area contributed by atoms with Crippen molar-refractivity contribution in [3.05, 3.63) is 54.1 Å². The first-order valence-corrected chi connectivity index (χ1v) is 9.58. The fourth-order valence-electron chi connectivity index (χ4n) is 3.52. The summed E-state index contributed by atoms with van der Waals surface area (Å²) in [5.74, 6) is 0.323. The second-order valence-corrected chi connectivity index (χ2v) is 7.48. The maximum Gasteiger partial charge on any atom is 0.314 e. The minimum absolute atomic E-state index is 0.263. The molecule has 3 rings (SSSR count). The standard InChI is InChI=1S/C22H28N2O4/c1-3-27-21(26)22(2,15-25)12-18-14-24(13-16-7-5-4-6-8-16)19-11-17(23)9-10-20(19)28-18/h4-11,18,25H,3,12-15,23H2,1-2H3/t18-,22?/m0/s1. The molecular formula is C22H28N2O4. The third-order valence-electron chi connectivity index (χ3n) is 5.05. The van der Waals surface area contributed by atoms with Crippen molar-refractivity contribution in [3.63, 3.8) is 0 Å². The summed E-state index contributed by atoms with van der Waals surface area (Å²) >= 11 is 0. The van der Waals surface area contributed by atoms with Gasteiger partial charge in [0.05, 0.1) is 30.9 Å². The quantitative estimate of drug-likeness (QED) is 0.564. The molecule has 2 atom stereocenters. The lowest BCUT2D eigenvalue weighted by atomic mass is 9.84. The molecule has 0 bridgehead atoms. The number of carbonyl (C=O) groups is 1. The van der Waals surface area contributed by atoms with E-state index in [9.17, 15) is 9.90 Å². The molecule has 0 aliphatic carbocycles. The highest BCUT2D eigenvalue weighted by Crippen LogP contribution is 2.38. The molecule has 0 saturated heterocycles. The van der Waals surface area contributed by atoms with E-state index in [2.05, 4.69) is 17.0 Å². The molecule has 1 heterocycles. The van der Waals surface area contributed by atoms with Crippen LogP contribution in [0.15, 0.2) is 48.5 Å². The fraction of sp³-hybridized carbons (Fsp3) is 0.409. The van der Waals surface area contributed by atoms with Gasteiger partial charge < -0.3 is 25.2 Å². The number of esters is 1. The Kier molecular flexibility index (Phi) is 6.09. The predicted octanol–water partition coefficient (Wildman–Crippen LogP) is 2.99. The van der Waals surface area contributed by atoms with Gasteiger partial charge in [0.1, 0.15) is 11.9 Å². The van der Waals surface area contributed by atoms with Crippen LogP contribution in [0, 0.1) is 5.41 Å². The zero-order valence-corrected chi connectivity index (χ0v) is 16.4. The Bertz CT molecular complexity index is 811. The van der Waals surface area contributed by atoms with Gasteiger partial charge in [-0.15, -0.1) is 0 Å². The van der Waals surface area contributed by atoms with Gasteiger partial charge >= 0.3 is 5.97 Å². The minimum Gasteiger partial charge on any atom is -0.486 e. The van der Waals surface area contributed by atoms with Gasteiger partial charge in [-0.3, -0.25) is 4.79 Å². The van der Waals surface area contributed by atoms with Crippen molar-refractivity contribution in [2.75, 3.05) is 30.4 Å². The van der Waals surface area contributed by atoms with E-state index in [0.717, 1.165) is 11.4 Å². The van der Waals surface area contributed by atoms with Crippen molar-refractivity contribution in [2.45, 2.75) is 32.9 Å². The van der Waals surface area contributed by atoms with Crippen LogP contribution in [0.1, 0.15) is 25.8 Å². The van der Waals surface area contributed by atoms with Gasteiger partial charge in [-0.1, -0.05) is 30.3 Å². The fourth-order valence-corrected chi connectivity index (χ4v) is 3.52. The molecule has 0 saturated carbocycles. The highest BCUT2D eigenvalue weighted by atomic mass is 16.5. The number of carbonyl (C=O) groups excluding carboxylic acids is 1. The van der Waals surface area contributed by atoms with Crippen LogP contribution in [0.4, 0.5) is 11.4 Å². The van der Waals surface area contributed by atoms with Gasteiger partial charge in [0, 0.05) is 18.7 Å². The summed E-state index contributed by atoms with van der Waals surface area (Å²) in [5.41, 5.74) is 7.76. The van der Waals surface area contributed by atoms with Gasteiger partial charge in [-0.2, -0.15) is 0 Å². The summed E-state index contributed by atoms with van der Waals surface area (Å²) in [5, 5.41) is 9.86. The molecule has 3 N–H and O–H groups in total. The first-order chi connectivity index (χ1) is 13.4. The topological polar surface area (TPSA) is 85.0 Å². The molecule has 1 aliphatic rings. The number of aliphatic hydroxyl groups excluding tert-OH is 1. The maximum absolute atomic E-state index is 12.4. The van der Waals surface area contributed by atoms with Crippen molar-refractivity contribution < 1.29 is 19.4 Å². The molecule has 28 heavy (non-hydrogen) atoms. The molecule has 6 heteroatoms. The lowest BCUT2D eigenvalue weighted by Gasteiger charge is -2.39. The van der Waals surface area contributed by atoms with E-state index in [-0.39, 0.29) is 19.3 Å². The summed E-state index contributed by atoms with van der Waals surface area (Å²) in [7, 11) is 0. The SMILES string of the molecule is CCOC(=O)C(C)(CO)C[C@H]1CN(Cc2ccccc2)c2cc(N)ccc2O1. The highest BCUT2D eigenvalue weighted by molar-refractivity contribution is 5.76. The zero-order valence-electron chi connectivity index (χ0n) is 16.4. The summed E-state index contributed by atoms with van der Waals surface area (Å²) in [6.45, 7) is 4.75. The number of benzene rings is 2. The Morgan fingerprint density at radius 3 is 2.75 bits per heavy atom. The Morgan fingerprint density at radius 1 is 1.32 bits per heavy atom. The number of nitrogen functional groups attached to an aromatic ring is 1. The minimum atomic E-state index is -1.01. The third kappa shape index (κ3) is 4.39. The lowest BCUT2D eigenvalue weighted by Crippen LogP contribution is -2.45. The van der Waals surface area contributed by atoms with E-state index >= 15 is 0 Å². The first-order valence-electron chi connectivity index (χ1n) is 9.58. The van der Waals surface area contributed by atoms with Gasteiger partial charge in [-0.05, 0) is 37.6 Å². The second kappa shape index (κ2) is 8.52. The van der Waals surface area contributed by atoms with Crippen molar-refractivity contribution in [1.29, 1.82) is 0 Å². The Hall–Kier alpha value is -2.73. The number of hydrogen-bond donors (Lipinski definition) is 2. The highest BCUT2D eigenvalue weighted by Gasteiger charge is 2.39. The monoisotopic (exact) mass is 384 g/mol. The second-order valence-electron chi connectivity index (χ2n) is 7.48. The molecule has 6 nitrogen and oxygen atoms in total. The van der Waals surface area contributed by atoms with E-state index < -0.39 is 11.4 Å². The molecule has 1 unspecified atom stereocenters. The van der Waals surface area contributed by atoms with Crippen LogP contribution in [0.2, 0.25) is 0 Å². The smallest absolute Gasteiger partial charge is 0.314 e. The summed E-state index contributed by atoms with van der Waals surface area (Å²) in [4.78, 5) is 14.6. The van der Waals surface area contributed by atoms with E-state index in [1.165, 1.54) is 5.56 Å². The molecule has 0 aromatic heterocycles. The van der Waals surface area contributed by atoms with Crippen LogP contribution in [-0.2, 0) is 16.1 Å². The number of anilines is 2. The van der Waals surface area contributed by atoms with Crippen LogP contribution >= 0.6 is 0 Å². The molecule has 150 valence electrons. The van der Waals surface area contributed by atoms with Crippen LogP contribution < -0.4 is 15.4 Å². The lowest BCUT2D eigenvalue weighted by molar-refractivity contribution is -0.158. The number of nitrogens with two attached hydrogens (primary N) is 1. The number of nitrogens with zero attached hydrogens (tertiary/aromatic N) is 1. The molecule has 0 spiro atoms. The van der Waals surface area contributed by atoms with E-state index in [0.29, 0.717) is 25.2 Å². The van der Waals surface area contributed by atoms with Crippen molar-refractivity contribution in [2.24, 2.45) is 5.41 Å². The average Bonchev–Trinajstić information content (AvgIpc) is 2.69. The molecule has 0 fully saturated rings. The van der Waals surface area contributed by atoms with E-state index in [4.69, 9.17) is 15.2 Å². The van der Waals surface area contributed by atoms with E-state index in [1.807, 2.05) is 30.3 Å². The average molecular weight is 384 g/mol. The molecule has 0 amide bonds. The molecule has 1 aliphatic heterocycles. The zero-order chi connectivity index (χ0) is 20.1. The molecule has 0 radical (unpaired) electrons.